The van der Waals surface area contributed by atoms with Crippen molar-refractivity contribution in [1.82, 2.24) is 9.78 Å². The van der Waals surface area contributed by atoms with Crippen molar-refractivity contribution < 1.29 is 4.74 Å². The van der Waals surface area contributed by atoms with Crippen molar-refractivity contribution in [1.29, 1.82) is 0 Å². The van der Waals surface area contributed by atoms with Crippen LogP contribution in [-0.2, 0) is 13.0 Å². The molecular weight excluding hydrogens is 226 g/mol. The number of nitrogens with two attached hydrogens (primary N) is 1. The molecule has 96 valence electrons. The number of hydrogen-bond acceptors (Lipinski definition) is 3. The first kappa shape index (κ1) is 12.6. The molecular formula is C14H19N3O. The van der Waals surface area contributed by atoms with Gasteiger partial charge in [-0.2, -0.15) is 5.10 Å². The van der Waals surface area contributed by atoms with Crippen LogP contribution in [0.2, 0.25) is 0 Å². The minimum Gasteiger partial charge on any atom is -0.454 e. The Morgan fingerprint density at radius 3 is 3.00 bits per heavy atom. The van der Waals surface area contributed by atoms with Crippen molar-refractivity contribution in [3.05, 3.63) is 42.2 Å². The SMILES string of the molecule is CCCn1cc(Oc2cccc(CCN)c2)cn1. The number of rotatable bonds is 6. The molecule has 4 nitrogen and oxygen atoms in total. The van der Waals surface area contributed by atoms with Gasteiger partial charge in [0.2, 0.25) is 0 Å². The molecule has 4 heteroatoms. The number of ether oxygens (including phenoxy) is 1. The maximum absolute atomic E-state index is 5.77. The third-order valence-electron chi connectivity index (χ3n) is 2.63. The van der Waals surface area contributed by atoms with Crippen molar-refractivity contribution in [2.45, 2.75) is 26.3 Å². The van der Waals surface area contributed by atoms with Crippen LogP contribution in [0.25, 0.3) is 0 Å². The lowest BCUT2D eigenvalue weighted by Crippen LogP contribution is -2.02. The second-order valence-electron chi connectivity index (χ2n) is 4.23. The average molecular weight is 245 g/mol. The van der Waals surface area contributed by atoms with Crippen molar-refractivity contribution in [2.24, 2.45) is 5.73 Å². The fourth-order valence-electron chi connectivity index (χ4n) is 1.82. The van der Waals surface area contributed by atoms with Crippen LogP contribution in [0, 0.1) is 0 Å². The quantitative estimate of drug-likeness (QED) is 0.851. The van der Waals surface area contributed by atoms with E-state index in [1.54, 1.807) is 6.20 Å². The van der Waals surface area contributed by atoms with Crippen LogP contribution in [0.4, 0.5) is 0 Å². The number of hydrogen-bond donors (Lipinski definition) is 1. The molecule has 1 aromatic heterocycles. The van der Waals surface area contributed by atoms with Gasteiger partial charge in [-0.25, -0.2) is 0 Å². The predicted octanol–water partition coefficient (Wildman–Crippen LogP) is 2.59. The average Bonchev–Trinajstić information content (AvgIpc) is 2.78. The van der Waals surface area contributed by atoms with Gasteiger partial charge in [0.25, 0.3) is 0 Å². The molecule has 0 spiro atoms. The standard InChI is InChI=1S/C14H19N3O/c1-2-8-17-11-14(10-16-17)18-13-5-3-4-12(9-13)6-7-15/h3-5,9-11H,2,6-8,15H2,1H3. The molecule has 0 aliphatic carbocycles. The smallest absolute Gasteiger partial charge is 0.165 e. The Balaban J connectivity index is 2.05. The molecule has 2 aromatic rings. The Morgan fingerprint density at radius 1 is 1.33 bits per heavy atom. The first-order valence-corrected chi connectivity index (χ1v) is 6.31. The van der Waals surface area contributed by atoms with Gasteiger partial charge in [0.05, 0.1) is 12.4 Å². The molecule has 0 saturated carbocycles. The number of nitrogens with zero attached hydrogens (tertiary/aromatic N) is 2. The second kappa shape index (κ2) is 6.21. The van der Waals surface area contributed by atoms with E-state index in [2.05, 4.69) is 18.1 Å². The Kier molecular flexibility index (Phi) is 4.36. The lowest BCUT2D eigenvalue weighted by Gasteiger charge is -2.05. The molecule has 0 bridgehead atoms. The van der Waals surface area contributed by atoms with Gasteiger partial charge in [-0.15, -0.1) is 0 Å². The summed E-state index contributed by atoms with van der Waals surface area (Å²) >= 11 is 0. The molecule has 0 amide bonds. The Labute approximate surface area is 107 Å². The predicted molar refractivity (Wildman–Crippen MR) is 71.8 cm³/mol. The summed E-state index contributed by atoms with van der Waals surface area (Å²) < 4.78 is 7.66. The van der Waals surface area contributed by atoms with E-state index in [1.807, 2.05) is 29.1 Å². The van der Waals surface area contributed by atoms with E-state index >= 15 is 0 Å². The van der Waals surface area contributed by atoms with Crippen molar-refractivity contribution in [2.75, 3.05) is 6.54 Å². The summed E-state index contributed by atoms with van der Waals surface area (Å²) in [6.07, 6.45) is 5.59. The van der Waals surface area contributed by atoms with Gasteiger partial charge in [0, 0.05) is 6.54 Å². The lowest BCUT2D eigenvalue weighted by molar-refractivity contribution is 0.480. The van der Waals surface area contributed by atoms with Gasteiger partial charge >= 0.3 is 0 Å². The molecule has 0 unspecified atom stereocenters. The van der Waals surface area contributed by atoms with Gasteiger partial charge in [0.1, 0.15) is 5.75 Å². The molecule has 2 rings (SSSR count). The van der Waals surface area contributed by atoms with Crippen LogP contribution < -0.4 is 10.5 Å². The largest absolute Gasteiger partial charge is 0.454 e. The molecule has 1 heterocycles. The van der Waals surface area contributed by atoms with E-state index in [0.717, 1.165) is 30.9 Å². The summed E-state index contributed by atoms with van der Waals surface area (Å²) in [6.45, 7) is 3.69. The molecule has 0 saturated heterocycles. The zero-order valence-corrected chi connectivity index (χ0v) is 10.7. The molecule has 18 heavy (non-hydrogen) atoms. The van der Waals surface area contributed by atoms with Crippen LogP contribution in [-0.4, -0.2) is 16.3 Å². The summed E-state index contributed by atoms with van der Waals surface area (Å²) in [7, 11) is 0. The summed E-state index contributed by atoms with van der Waals surface area (Å²) in [5.74, 6) is 1.60. The highest BCUT2D eigenvalue weighted by Gasteiger charge is 2.02. The van der Waals surface area contributed by atoms with Crippen LogP contribution in [0.5, 0.6) is 11.5 Å². The maximum atomic E-state index is 5.77. The lowest BCUT2D eigenvalue weighted by atomic mass is 10.1. The third kappa shape index (κ3) is 3.34. The molecule has 2 N–H and O–H groups in total. The maximum Gasteiger partial charge on any atom is 0.165 e. The van der Waals surface area contributed by atoms with E-state index in [-0.39, 0.29) is 0 Å². The molecule has 0 aliphatic heterocycles. The second-order valence-corrected chi connectivity index (χ2v) is 4.23. The number of benzene rings is 1. The first-order chi connectivity index (χ1) is 8.81. The van der Waals surface area contributed by atoms with E-state index in [9.17, 15) is 0 Å². The first-order valence-electron chi connectivity index (χ1n) is 6.31. The molecule has 0 radical (unpaired) electrons. The normalized spacial score (nSPS) is 10.6. The van der Waals surface area contributed by atoms with Crippen molar-refractivity contribution >= 4 is 0 Å². The van der Waals surface area contributed by atoms with Crippen LogP contribution >= 0.6 is 0 Å². The highest BCUT2D eigenvalue weighted by atomic mass is 16.5. The minimum atomic E-state index is 0.651. The Bertz CT molecular complexity index is 493. The third-order valence-corrected chi connectivity index (χ3v) is 2.63. The van der Waals surface area contributed by atoms with Gasteiger partial charge in [-0.05, 0) is 37.1 Å². The summed E-state index contributed by atoms with van der Waals surface area (Å²) in [6, 6.07) is 8.00. The number of aromatic nitrogens is 2. The van der Waals surface area contributed by atoms with Gasteiger partial charge in [-0.1, -0.05) is 19.1 Å². The summed E-state index contributed by atoms with van der Waals surface area (Å²) in [5, 5.41) is 4.23. The Morgan fingerprint density at radius 2 is 2.22 bits per heavy atom. The topological polar surface area (TPSA) is 53.1 Å². The molecule has 0 aliphatic rings. The van der Waals surface area contributed by atoms with Gasteiger partial charge in [-0.3, -0.25) is 4.68 Å². The summed E-state index contributed by atoms with van der Waals surface area (Å²) in [4.78, 5) is 0. The fourth-order valence-corrected chi connectivity index (χ4v) is 1.82. The van der Waals surface area contributed by atoms with E-state index < -0.39 is 0 Å². The molecule has 0 atom stereocenters. The van der Waals surface area contributed by atoms with Crippen LogP contribution in [0.15, 0.2) is 36.7 Å². The zero-order chi connectivity index (χ0) is 12.8. The highest BCUT2D eigenvalue weighted by molar-refractivity contribution is 5.32. The van der Waals surface area contributed by atoms with Crippen molar-refractivity contribution in [3.8, 4) is 11.5 Å². The minimum absolute atomic E-state index is 0.651. The molecule has 0 fully saturated rings. The highest BCUT2D eigenvalue weighted by Crippen LogP contribution is 2.21. The van der Waals surface area contributed by atoms with Gasteiger partial charge < -0.3 is 10.5 Å². The van der Waals surface area contributed by atoms with E-state index in [0.29, 0.717) is 6.54 Å². The van der Waals surface area contributed by atoms with E-state index in [4.69, 9.17) is 10.5 Å². The number of aryl methyl sites for hydroxylation is 1. The summed E-state index contributed by atoms with van der Waals surface area (Å²) in [5.41, 5.74) is 6.74. The zero-order valence-electron chi connectivity index (χ0n) is 10.7. The van der Waals surface area contributed by atoms with Crippen LogP contribution in [0.3, 0.4) is 0 Å². The monoisotopic (exact) mass is 245 g/mol. The fraction of sp³-hybridized carbons (Fsp3) is 0.357. The Hall–Kier alpha value is -1.81. The van der Waals surface area contributed by atoms with Crippen LogP contribution in [0.1, 0.15) is 18.9 Å². The molecule has 1 aromatic carbocycles. The van der Waals surface area contributed by atoms with Gasteiger partial charge in [0.15, 0.2) is 5.75 Å². The van der Waals surface area contributed by atoms with E-state index in [1.165, 1.54) is 5.56 Å². The van der Waals surface area contributed by atoms with Crippen molar-refractivity contribution in [3.63, 3.8) is 0 Å².